The van der Waals surface area contributed by atoms with Crippen molar-refractivity contribution >= 4 is 8.07 Å². The average molecular weight is 379 g/mol. The SMILES string of the molecule is C#C[C@H](OCC#C[Si](C(C)C)(C(C)C)C(C)C)C(C)(C)[C@H](O)CC(C)C. The third kappa shape index (κ3) is 6.16. The van der Waals surface area contributed by atoms with Crippen molar-refractivity contribution < 1.29 is 9.84 Å². The number of terminal acetylenes is 1. The molecule has 0 fully saturated rings. The predicted octanol–water partition coefficient (Wildman–Crippen LogP) is 5.66. The third-order valence-corrected chi connectivity index (χ3v) is 12.2. The van der Waals surface area contributed by atoms with E-state index in [-0.39, 0.29) is 0 Å². The monoisotopic (exact) mass is 378 g/mol. The van der Waals surface area contributed by atoms with Crippen molar-refractivity contribution in [2.24, 2.45) is 11.3 Å². The summed E-state index contributed by atoms with van der Waals surface area (Å²) in [6.07, 6.45) is 5.49. The molecule has 0 aromatic rings. The lowest BCUT2D eigenvalue weighted by Crippen LogP contribution is -2.43. The van der Waals surface area contributed by atoms with Crippen molar-refractivity contribution in [2.75, 3.05) is 6.61 Å². The van der Waals surface area contributed by atoms with Crippen molar-refractivity contribution in [1.29, 1.82) is 0 Å². The molecule has 0 aliphatic heterocycles. The van der Waals surface area contributed by atoms with Gasteiger partial charge in [-0.25, -0.2) is 0 Å². The molecule has 0 aromatic carbocycles. The molecule has 150 valence electrons. The summed E-state index contributed by atoms with van der Waals surface area (Å²) in [4.78, 5) is 0. The van der Waals surface area contributed by atoms with Gasteiger partial charge in [0.1, 0.15) is 20.8 Å². The minimum Gasteiger partial charge on any atom is -0.392 e. The molecular formula is C23H42O2Si. The highest BCUT2D eigenvalue weighted by Gasteiger charge is 2.41. The fraction of sp³-hybridized carbons (Fsp3) is 0.826. The summed E-state index contributed by atoms with van der Waals surface area (Å²) in [6, 6.07) is 0. The van der Waals surface area contributed by atoms with Gasteiger partial charge in [-0.2, -0.15) is 0 Å². The number of ether oxygens (including phenoxy) is 1. The zero-order valence-corrected chi connectivity index (χ0v) is 19.8. The highest BCUT2D eigenvalue weighted by molar-refractivity contribution is 6.90. The molecule has 0 saturated carbocycles. The van der Waals surface area contributed by atoms with E-state index in [9.17, 15) is 5.11 Å². The van der Waals surface area contributed by atoms with E-state index in [2.05, 4.69) is 72.8 Å². The molecule has 0 rings (SSSR count). The van der Waals surface area contributed by atoms with Crippen molar-refractivity contribution in [3.63, 3.8) is 0 Å². The van der Waals surface area contributed by atoms with Crippen LogP contribution in [0.2, 0.25) is 16.6 Å². The first kappa shape index (κ1) is 25.3. The van der Waals surface area contributed by atoms with Gasteiger partial charge in [0.2, 0.25) is 0 Å². The highest BCUT2D eigenvalue weighted by Crippen LogP contribution is 2.40. The van der Waals surface area contributed by atoms with E-state index in [1.54, 1.807) is 0 Å². The van der Waals surface area contributed by atoms with Crippen LogP contribution in [0.5, 0.6) is 0 Å². The largest absolute Gasteiger partial charge is 0.392 e. The summed E-state index contributed by atoms with van der Waals surface area (Å²) in [5.74, 6) is 6.44. The van der Waals surface area contributed by atoms with Crippen LogP contribution in [-0.2, 0) is 4.74 Å². The van der Waals surface area contributed by atoms with Crippen LogP contribution in [0, 0.1) is 35.1 Å². The first-order valence-corrected chi connectivity index (χ1v) is 12.3. The van der Waals surface area contributed by atoms with Crippen LogP contribution in [0.4, 0.5) is 0 Å². The Hall–Kier alpha value is -0.743. The fourth-order valence-electron chi connectivity index (χ4n) is 4.15. The van der Waals surface area contributed by atoms with Gasteiger partial charge in [0.15, 0.2) is 0 Å². The molecule has 0 amide bonds. The lowest BCUT2D eigenvalue weighted by atomic mass is 9.78. The van der Waals surface area contributed by atoms with Gasteiger partial charge in [-0.15, -0.1) is 12.0 Å². The lowest BCUT2D eigenvalue weighted by Gasteiger charge is -2.38. The molecule has 0 radical (unpaired) electrons. The molecule has 0 heterocycles. The van der Waals surface area contributed by atoms with Gasteiger partial charge in [0.05, 0.1) is 6.10 Å². The molecule has 2 nitrogen and oxygen atoms in total. The van der Waals surface area contributed by atoms with Gasteiger partial charge >= 0.3 is 0 Å². The van der Waals surface area contributed by atoms with Crippen LogP contribution in [0.25, 0.3) is 0 Å². The van der Waals surface area contributed by atoms with Crippen LogP contribution in [0.1, 0.15) is 75.7 Å². The summed E-state index contributed by atoms with van der Waals surface area (Å²) in [6.45, 7) is 22.3. The van der Waals surface area contributed by atoms with Gasteiger partial charge < -0.3 is 9.84 Å². The maximum Gasteiger partial charge on any atom is 0.146 e. The number of hydrogen-bond acceptors (Lipinski definition) is 2. The second-order valence-corrected chi connectivity index (χ2v) is 15.1. The van der Waals surface area contributed by atoms with Crippen LogP contribution in [-0.4, -0.2) is 32.0 Å². The van der Waals surface area contributed by atoms with Gasteiger partial charge in [-0.3, -0.25) is 0 Å². The predicted molar refractivity (Wildman–Crippen MR) is 117 cm³/mol. The van der Waals surface area contributed by atoms with E-state index in [4.69, 9.17) is 11.2 Å². The molecule has 1 N–H and O–H groups in total. The molecule has 0 spiro atoms. The smallest absolute Gasteiger partial charge is 0.146 e. The summed E-state index contributed by atoms with van der Waals surface area (Å²) < 4.78 is 5.95. The first-order valence-electron chi connectivity index (χ1n) is 10.1. The van der Waals surface area contributed by atoms with E-state index in [0.717, 1.165) is 0 Å². The van der Waals surface area contributed by atoms with Crippen molar-refractivity contribution in [3.05, 3.63) is 0 Å². The standard InChI is InChI=1S/C23H42O2Si/c1-12-22(23(10,11)21(24)16-17(2)3)25-14-13-15-26(18(4)5,19(6)7)20(8)9/h1,17-22,24H,14,16H2,2-11H3/t21-,22+/m1/s1. The molecular weight excluding hydrogens is 336 g/mol. The third-order valence-electron chi connectivity index (χ3n) is 5.87. The first-order chi connectivity index (χ1) is 11.8. The van der Waals surface area contributed by atoms with Crippen molar-refractivity contribution in [2.45, 2.75) is 104 Å². The van der Waals surface area contributed by atoms with E-state index in [1.165, 1.54) is 0 Å². The molecule has 0 unspecified atom stereocenters. The zero-order valence-electron chi connectivity index (χ0n) is 18.8. The molecule has 0 bridgehead atoms. The van der Waals surface area contributed by atoms with Crippen LogP contribution in [0.15, 0.2) is 0 Å². The second-order valence-electron chi connectivity index (χ2n) is 9.52. The molecule has 0 saturated heterocycles. The van der Waals surface area contributed by atoms with Gasteiger partial charge in [0.25, 0.3) is 0 Å². The summed E-state index contributed by atoms with van der Waals surface area (Å²) in [7, 11) is -1.74. The summed E-state index contributed by atoms with van der Waals surface area (Å²) in [5, 5.41) is 10.5. The maximum absolute atomic E-state index is 10.5. The topological polar surface area (TPSA) is 29.5 Å². The van der Waals surface area contributed by atoms with Crippen molar-refractivity contribution in [3.8, 4) is 23.8 Å². The minimum atomic E-state index is -1.74. The Kier molecular flexibility index (Phi) is 10.3. The molecule has 0 aromatic heterocycles. The number of hydrogen-bond donors (Lipinski definition) is 1. The Balaban J connectivity index is 5.24. The van der Waals surface area contributed by atoms with Crippen LogP contribution in [0.3, 0.4) is 0 Å². The quantitative estimate of drug-likeness (QED) is 0.414. The Morgan fingerprint density at radius 1 is 0.962 bits per heavy atom. The number of aliphatic hydroxyl groups excluding tert-OH is 1. The van der Waals surface area contributed by atoms with E-state index < -0.39 is 25.7 Å². The lowest BCUT2D eigenvalue weighted by molar-refractivity contribution is -0.0559. The Labute approximate surface area is 164 Å². The highest BCUT2D eigenvalue weighted by atomic mass is 28.3. The summed E-state index contributed by atoms with van der Waals surface area (Å²) >= 11 is 0. The Morgan fingerprint density at radius 3 is 1.77 bits per heavy atom. The van der Waals surface area contributed by atoms with Gasteiger partial charge in [-0.05, 0) is 29.0 Å². The molecule has 0 aliphatic rings. The molecule has 3 heteroatoms. The Bertz CT molecular complexity index is 493. The number of aliphatic hydroxyl groups is 1. The van der Waals surface area contributed by atoms with Gasteiger partial charge in [-0.1, -0.05) is 81.1 Å². The van der Waals surface area contributed by atoms with Crippen molar-refractivity contribution in [1.82, 2.24) is 0 Å². The van der Waals surface area contributed by atoms with Crippen LogP contribution >= 0.6 is 0 Å². The number of rotatable bonds is 9. The average Bonchev–Trinajstić information content (AvgIpc) is 2.48. The molecule has 26 heavy (non-hydrogen) atoms. The maximum atomic E-state index is 10.5. The normalized spacial score (nSPS) is 15.2. The molecule has 0 aliphatic carbocycles. The summed E-state index contributed by atoms with van der Waals surface area (Å²) in [5.41, 5.74) is 4.96. The van der Waals surface area contributed by atoms with Crippen LogP contribution < -0.4 is 0 Å². The zero-order chi connectivity index (χ0) is 20.7. The second kappa shape index (κ2) is 10.6. The minimum absolute atomic E-state index is 0.327. The van der Waals surface area contributed by atoms with Gasteiger partial charge in [0, 0.05) is 5.41 Å². The van der Waals surface area contributed by atoms with E-state index in [0.29, 0.717) is 35.6 Å². The Morgan fingerprint density at radius 2 is 1.42 bits per heavy atom. The fourth-order valence-corrected chi connectivity index (χ4v) is 9.39. The van der Waals surface area contributed by atoms with E-state index >= 15 is 0 Å². The van der Waals surface area contributed by atoms with E-state index in [1.807, 2.05) is 13.8 Å². The molecule has 2 atom stereocenters.